The monoisotopic (exact) mass is 382 g/mol. The molecular formula is C18H26N2O5S. The molecule has 1 heterocycles. The molecule has 1 aromatic carbocycles. The lowest BCUT2D eigenvalue weighted by Gasteiger charge is -2.21. The zero-order valence-electron chi connectivity index (χ0n) is 15.3. The Morgan fingerprint density at radius 2 is 1.88 bits per heavy atom. The zero-order valence-corrected chi connectivity index (χ0v) is 16.1. The summed E-state index contributed by atoms with van der Waals surface area (Å²) in [5.41, 5.74) is 0.848. The Balaban J connectivity index is 1.91. The topological polar surface area (TPSA) is 102 Å². The maximum atomic E-state index is 12.6. The molecule has 2 unspecified atom stereocenters. The van der Waals surface area contributed by atoms with Crippen LogP contribution in [0.1, 0.15) is 31.7 Å². The number of hydrogen-bond acceptors (Lipinski definition) is 5. The van der Waals surface area contributed by atoms with Crippen molar-refractivity contribution in [1.82, 2.24) is 10.6 Å². The first kappa shape index (κ1) is 20.2. The van der Waals surface area contributed by atoms with Crippen molar-refractivity contribution < 1.29 is 22.7 Å². The first-order valence-electron chi connectivity index (χ1n) is 8.63. The fraction of sp³-hybridized carbons (Fsp3) is 0.556. The molecule has 26 heavy (non-hydrogen) atoms. The maximum Gasteiger partial charge on any atom is 0.239 e. The van der Waals surface area contributed by atoms with E-state index in [1.807, 2.05) is 26.0 Å². The summed E-state index contributed by atoms with van der Waals surface area (Å²) >= 11 is 0. The summed E-state index contributed by atoms with van der Waals surface area (Å²) < 4.78 is 28.0. The van der Waals surface area contributed by atoms with E-state index >= 15 is 0 Å². The second-order valence-electron chi connectivity index (χ2n) is 6.88. The fourth-order valence-electron chi connectivity index (χ4n) is 3.12. The summed E-state index contributed by atoms with van der Waals surface area (Å²) in [6.07, 6.45) is 0.419. The normalized spacial score (nSPS) is 19.8. The summed E-state index contributed by atoms with van der Waals surface area (Å²) in [7, 11) is -1.47. The minimum atomic E-state index is -3.05. The van der Waals surface area contributed by atoms with Crippen molar-refractivity contribution in [2.45, 2.75) is 32.2 Å². The van der Waals surface area contributed by atoms with Gasteiger partial charge in [-0.05, 0) is 30.0 Å². The third-order valence-electron chi connectivity index (χ3n) is 4.44. The molecule has 0 spiro atoms. The van der Waals surface area contributed by atoms with E-state index < -0.39 is 9.84 Å². The molecule has 1 fully saturated rings. The Morgan fingerprint density at radius 1 is 1.23 bits per heavy atom. The van der Waals surface area contributed by atoms with Crippen LogP contribution in [0.5, 0.6) is 5.75 Å². The molecule has 1 saturated heterocycles. The largest absolute Gasteiger partial charge is 0.497 e. The molecule has 0 aromatic heterocycles. The maximum absolute atomic E-state index is 12.6. The molecule has 0 bridgehead atoms. The highest BCUT2D eigenvalue weighted by atomic mass is 32.2. The Kier molecular flexibility index (Phi) is 6.63. The zero-order chi connectivity index (χ0) is 19.3. The van der Waals surface area contributed by atoms with Gasteiger partial charge in [-0.2, -0.15) is 0 Å². The molecule has 0 radical (unpaired) electrons. The molecular weight excluding hydrogens is 356 g/mol. The van der Waals surface area contributed by atoms with Crippen molar-refractivity contribution in [2.75, 3.05) is 25.2 Å². The lowest BCUT2D eigenvalue weighted by atomic mass is 9.87. The Bertz CT molecular complexity index is 743. The highest BCUT2D eigenvalue weighted by Crippen LogP contribution is 2.26. The fourth-order valence-corrected chi connectivity index (χ4v) is 4.79. The van der Waals surface area contributed by atoms with Gasteiger partial charge in [-0.1, -0.05) is 26.0 Å². The highest BCUT2D eigenvalue weighted by Gasteiger charge is 2.29. The van der Waals surface area contributed by atoms with Crippen molar-refractivity contribution in [3.8, 4) is 5.75 Å². The standard InChI is InChI=1S/C18H26N2O5S/c1-12(2)17(13-4-6-15(25-3)7-5-13)18(22)19-10-16(21)20-14-8-9-26(23,24)11-14/h4-7,12,14,17H,8-11H2,1-3H3,(H,19,22)(H,20,21). The van der Waals surface area contributed by atoms with Crippen LogP contribution in [-0.4, -0.2) is 51.4 Å². The van der Waals surface area contributed by atoms with Gasteiger partial charge in [-0.3, -0.25) is 9.59 Å². The van der Waals surface area contributed by atoms with E-state index in [9.17, 15) is 18.0 Å². The van der Waals surface area contributed by atoms with Crippen LogP contribution in [0.25, 0.3) is 0 Å². The summed E-state index contributed by atoms with van der Waals surface area (Å²) in [5.74, 6) is -0.184. The molecule has 144 valence electrons. The van der Waals surface area contributed by atoms with Gasteiger partial charge < -0.3 is 15.4 Å². The Labute approximate surface area is 154 Å². The number of benzene rings is 1. The van der Waals surface area contributed by atoms with Gasteiger partial charge in [0.25, 0.3) is 0 Å². The molecule has 2 amide bonds. The van der Waals surface area contributed by atoms with Gasteiger partial charge >= 0.3 is 0 Å². The quantitative estimate of drug-likeness (QED) is 0.728. The van der Waals surface area contributed by atoms with Gasteiger partial charge in [0.15, 0.2) is 9.84 Å². The van der Waals surface area contributed by atoms with E-state index in [4.69, 9.17) is 4.74 Å². The second kappa shape index (κ2) is 8.53. The number of carbonyl (C=O) groups is 2. The predicted molar refractivity (Wildman–Crippen MR) is 98.8 cm³/mol. The van der Waals surface area contributed by atoms with E-state index in [1.54, 1.807) is 19.2 Å². The highest BCUT2D eigenvalue weighted by molar-refractivity contribution is 7.91. The molecule has 1 aliphatic rings. The van der Waals surface area contributed by atoms with Crippen molar-refractivity contribution in [2.24, 2.45) is 5.92 Å². The van der Waals surface area contributed by atoms with Crippen LogP contribution in [0.4, 0.5) is 0 Å². The lowest BCUT2D eigenvalue weighted by molar-refractivity contribution is -0.127. The van der Waals surface area contributed by atoms with Gasteiger partial charge in [0, 0.05) is 6.04 Å². The van der Waals surface area contributed by atoms with E-state index in [0.717, 1.165) is 5.56 Å². The van der Waals surface area contributed by atoms with Gasteiger partial charge in [-0.15, -0.1) is 0 Å². The first-order valence-corrected chi connectivity index (χ1v) is 10.5. The number of amides is 2. The van der Waals surface area contributed by atoms with Crippen LogP contribution in [0, 0.1) is 5.92 Å². The van der Waals surface area contributed by atoms with E-state index in [1.165, 1.54) is 0 Å². The smallest absolute Gasteiger partial charge is 0.239 e. The molecule has 0 saturated carbocycles. The second-order valence-corrected chi connectivity index (χ2v) is 9.11. The molecule has 2 rings (SSSR count). The van der Waals surface area contributed by atoms with Crippen molar-refractivity contribution in [3.63, 3.8) is 0 Å². The van der Waals surface area contributed by atoms with Gasteiger partial charge in [-0.25, -0.2) is 8.42 Å². The summed E-state index contributed by atoms with van der Waals surface area (Å²) in [6, 6.07) is 6.90. The average molecular weight is 382 g/mol. The number of carbonyl (C=O) groups excluding carboxylic acids is 2. The van der Waals surface area contributed by atoms with Crippen molar-refractivity contribution >= 4 is 21.7 Å². The first-order chi connectivity index (χ1) is 12.2. The van der Waals surface area contributed by atoms with E-state index in [2.05, 4.69) is 10.6 Å². The van der Waals surface area contributed by atoms with Crippen molar-refractivity contribution in [3.05, 3.63) is 29.8 Å². The number of sulfone groups is 1. The number of nitrogens with one attached hydrogen (secondary N) is 2. The molecule has 1 aromatic rings. The van der Waals surface area contributed by atoms with Crippen LogP contribution < -0.4 is 15.4 Å². The molecule has 7 nitrogen and oxygen atoms in total. The van der Waals surface area contributed by atoms with Crippen LogP contribution in [0.3, 0.4) is 0 Å². The lowest BCUT2D eigenvalue weighted by Crippen LogP contribution is -2.44. The predicted octanol–water partition coefficient (Wildman–Crippen LogP) is 0.854. The number of hydrogen-bond donors (Lipinski definition) is 2. The Hall–Kier alpha value is -2.09. The number of rotatable bonds is 7. The van der Waals surface area contributed by atoms with E-state index in [0.29, 0.717) is 12.2 Å². The molecule has 0 aliphatic carbocycles. The molecule has 8 heteroatoms. The summed E-state index contributed by atoms with van der Waals surface area (Å²) in [4.78, 5) is 24.6. The Morgan fingerprint density at radius 3 is 2.38 bits per heavy atom. The molecule has 2 atom stereocenters. The number of methoxy groups -OCH3 is 1. The average Bonchev–Trinajstić information content (AvgIpc) is 2.92. The van der Waals surface area contributed by atoms with Crippen LogP contribution in [0.15, 0.2) is 24.3 Å². The van der Waals surface area contributed by atoms with Gasteiger partial charge in [0.2, 0.25) is 11.8 Å². The summed E-state index contributed by atoms with van der Waals surface area (Å²) in [6.45, 7) is 3.71. The van der Waals surface area contributed by atoms with Gasteiger partial charge in [0.05, 0.1) is 31.1 Å². The van der Waals surface area contributed by atoms with Gasteiger partial charge in [0.1, 0.15) is 5.75 Å². The van der Waals surface area contributed by atoms with E-state index in [-0.39, 0.29) is 47.7 Å². The molecule has 2 N–H and O–H groups in total. The number of ether oxygens (including phenoxy) is 1. The van der Waals surface area contributed by atoms with Crippen LogP contribution in [0.2, 0.25) is 0 Å². The molecule has 1 aliphatic heterocycles. The third kappa shape index (κ3) is 5.45. The minimum Gasteiger partial charge on any atom is -0.497 e. The van der Waals surface area contributed by atoms with Crippen LogP contribution in [-0.2, 0) is 19.4 Å². The third-order valence-corrected chi connectivity index (χ3v) is 6.21. The SMILES string of the molecule is COc1ccc(C(C(=O)NCC(=O)NC2CCS(=O)(=O)C2)C(C)C)cc1. The summed E-state index contributed by atoms with van der Waals surface area (Å²) in [5, 5.41) is 5.32. The minimum absolute atomic E-state index is 0.0346. The van der Waals surface area contributed by atoms with Crippen LogP contribution >= 0.6 is 0 Å². The van der Waals surface area contributed by atoms with Crippen molar-refractivity contribution in [1.29, 1.82) is 0 Å².